The fourth-order valence-electron chi connectivity index (χ4n) is 2.60. The van der Waals surface area contributed by atoms with Crippen LogP contribution in [0.25, 0.3) is 0 Å². The van der Waals surface area contributed by atoms with E-state index >= 15 is 0 Å². The number of hydrogen-bond donors (Lipinski definition) is 1. The fourth-order valence-corrected chi connectivity index (χ4v) is 3.42. The van der Waals surface area contributed by atoms with Crippen molar-refractivity contribution in [2.75, 3.05) is 19.9 Å². The van der Waals surface area contributed by atoms with E-state index in [9.17, 15) is 18.0 Å². The van der Waals surface area contributed by atoms with Crippen LogP contribution in [0.5, 0.6) is 11.5 Å². The van der Waals surface area contributed by atoms with Crippen LogP contribution in [0.15, 0.2) is 47.4 Å². The Balaban J connectivity index is 2.06. The van der Waals surface area contributed by atoms with Crippen LogP contribution in [0, 0.1) is 0 Å². The average Bonchev–Trinajstić information content (AvgIpc) is 2.66. The monoisotopic (exact) mass is 449 g/mol. The normalized spacial score (nSPS) is 11.5. The first kappa shape index (κ1) is 24.2. The fraction of sp³-hybridized carbons (Fsp3) is 0.364. The Morgan fingerprint density at radius 2 is 1.68 bits per heavy atom. The molecule has 9 heteroatoms. The summed E-state index contributed by atoms with van der Waals surface area (Å²) in [4.78, 5) is 23.3. The molecule has 0 saturated carbocycles. The van der Waals surface area contributed by atoms with Crippen molar-refractivity contribution < 1.29 is 32.2 Å². The molecule has 8 nitrogen and oxygen atoms in total. The minimum Gasteiger partial charge on any atom is -0.465 e. The highest BCUT2D eigenvalue weighted by atomic mass is 32.2. The van der Waals surface area contributed by atoms with Gasteiger partial charge in [0.2, 0.25) is 0 Å². The Hall–Kier alpha value is -3.07. The van der Waals surface area contributed by atoms with Gasteiger partial charge in [-0.15, -0.1) is 0 Å². The lowest BCUT2D eigenvalue weighted by Crippen LogP contribution is -2.33. The third-order valence-corrected chi connectivity index (χ3v) is 5.12. The number of alkyl carbamates (subject to hydrolysis) is 1. The Kier molecular flexibility index (Phi) is 7.67. The predicted octanol–water partition coefficient (Wildman–Crippen LogP) is 3.74. The zero-order chi connectivity index (χ0) is 23.2. The van der Waals surface area contributed by atoms with Gasteiger partial charge >= 0.3 is 12.1 Å². The molecule has 1 amide bonds. The Labute approximate surface area is 182 Å². The quantitative estimate of drug-likeness (QED) is 0.642. The first-order valence-corrected chi connectivity index (χ1v) is 11.4. The third kappa shape index (κ3) is 7.60. The summed E-state index contributed by atoms with van der Waals surface area (Å²) in [5.41, 5.74) is 0.513. The Morgan fingerprint density at radius 1 is 1.03 bits per heavy atom. The van der Waals surface area contributed by atoms with Gasteiger partial charge in [-0.1, -0.05) is 12.1 Å². The van der Waals surface area contributed by atoms with Crippen molar-refractivity contribution in [2.24, 2.45) is 0 Å². The predicted molar refractivity (Wildman–Crippen MR) is 115 cm³/mol. The number of benzene rings is 2. The number of methoxy groups -OCH3 is 1. The summed E-state index contributed by atoms with van der Waals surface area (Å²) in [7, 11) is -2.42. The molecule has 0 radical (unpaired) electrons. The van der Waals surface area contributed by atoms with Gasteiger partial charge in [-0.2, -0.15) is 0 Å². The minimum atomic E-state index is -3.64. The molecule has 2 aromatic carbocycles. The van der Waals surface area contributed by atoms with Gasteiger partial charge in [-0.3, -0.25) is 0 Å². The molecule has 0 fully saturated rings. The van der Waals surface area contributed by atoms with Gasteiger partial charge in [0.25, 0.3) is 0 Å². The number of carbonyl (C=O) groups is 2. The van der Waals surface area contributed by atoms with Crippen LogP contribution in [0.3, 0.4) is 0 Å². The van der Waals surface area contributed by atoms with Crippen molar-refractivity contribution >= 4 is 21.9 Å². The van der Waals surface area contributed by atoms with Gasteiger partial charge in [0.1, 0.15) is 22.0 Å². The summed E-state index contributed by atoms with van der Waals surface area (Å²) in [6.07, 6.45) is 1.15. The summed E-state index contributed by atoms with van der Waals surface area (Å²) in [5, 5.41) is 2.69. The molecule has 0 spiro atoms. The largest absolute Gasteiger partial charge is 0.465 e. The molecule has 1 N–H and O–H groups in total. The van der Waals surface area contributed by atoms with Crippen molar-refractivity contribution in [3.8, 4) is 11.5 Å². The molecule has 0 atom stereocenters. The van der Waals surface area contributed by atoms with Crippen LogP contribution in [-0.2, 0) is 25.7 Å². The van der Waals surface area contributed by atoms with Gasteiger partial charge in [0, 0.05) is 12.8 Å². The molecular formula is C22H27NO7S. The van der Waals surface area contributed by atoms with Crippen LogP contribution in [0.2, 0.25) is 0 Å². The van der Waals surface area contributed by atoms with E-state index in [0.717, 1.165) is 11.8 Å². The van der Waals surface area contributed by atoms with Crippen LogP contribution in [0.1, 0.15) is 36.7 Å². The lowest BCUT2D eigenvalue weighted by Gasteiger charge is -2.19. The van der Waals surface area contributed by atoms with Crippen molar-refractivity contribution in [3.63, 3.8) is 0 Å². The van der Waals surface area contributed by atoms with Crippen molar-refractivity contribution in [1.82, 2.24) is 5.32 Å². The molecule has 0 aliphatic heterocycles. The van der Waals surface area contributed by atoms with Crippen LogP contribution < -0.4 is 10.1 Å². The van der Waals surface area contributed by atoms with E-state index < -0.39 is 27.5 Å². The molecule has 31 heavy (non-hydrogen) atoms. The number of rotatable bonds is 7. The molecule has 0 saturated heterocycles. The lowest BCUT2D eigenvalue weighted by molar-refractivity contribution is 0.0527. The highest BCUT2D eigenvalue weighted by Gasteiger charge is 2.19. The Morgan fingerprint density at radius 3 is 2.23 bits per heavy atom. The number of hydrogen-bond acceptors (Lipinski definition) is 7. The molecule has 0 aliphatic carbocycles. The van der Waals surface area contributed by atoms with Gasteiger partial charge in [0.15, 0.2) is 9.84 Å². The second-order valence-corrected chi connectivity index (χ2v) is 9.83. The van der Waals surface area contributed by atoms with Crippen LogP contribution >= 0.6 is 0 Å². The van der Waals surface area contributed by atoms with E-state index in [2.05, 4.69) is 10.1 Å². The first-order valence-electron chi connectivity index (χ1n) is 9.55. The van der Waals surface area contributed by atoms with Crippen molar-refractivity contribution in [1.29, 1.82) is 0 Å². The molecule has 2 aromatic rings. The summed E-state index contributed by atoms with van der Waals surface area (Å²) < 4.78 is 39.8. The Bertz CT molecular complexity index is 1040. The molecule has 168 valence electrons. The zero-order valence-electron chi connectivity index (χ0n) is 18.2. The molecule has 0 unspecified atom stereocenters. The number of carbonyl (C=O) groups excluding carboxylic acids is 2. The number of ether oxygens (including phenoxy) is 3. The van der Waals surface area contributed by atoms with E-state index in [1.165, 1.54) is 25.3 Å². The van der Waals surface area contributed by atoms with E-state index in [0.29, 0.717) is 18.7 Å². The van der Waals surface area contributed by atoms with Gasteiger partial charge in [-0.05, 0) is 63.1 Å². The molecule has 0 aliphatic rings. The summed E-state index contributed by atoms with van der Waals surface area (Å²) in [6, 6.07) is 11.1. The SMILES string of the molecule is COC(=O)c1ccc(Oc2ccc(CCNC(=O)OC(C)(C)C)cc2)c(S(C)(=O)=O)c1. The standard InChI is InChI=1S/C22H27NO7S/c1-22(2,3)30-21(25)23-13-12-15-6-9-17(10-7-15)29-18-11-8-16(20(24)28-4)14-19(18)31(5,26)27/h6-11,14H,12-13H2,1-5H3,(H,23,25). The maximum atomic E-state index is 12.1. The maximum absolute atomic E-state index is 12.1. The second-order valence-electron chi connectivity index (χ2n) is 7.85. The third-order valence-electron chi connectivity index (χ3n) is 4.00. The molecular weight excluding hydrogens is 422 g/mol. The number of esters is 1. The number of sulfone groups is 1. The van der Waals surface area contributed by atoms with Crippen LogP contribution in [-0.4, -0.2) is 46.0 Å². The number of amides is 1. The van der Waals surface area contributed by atoms with E-state index in [1.807, 2.05) is 12.1 Å². The topological polar surface area (TPSA) is 108 Å². The first-order chi connectivity index (χ1) is 14.4. The lowest BCUT2D eigenvalue weighted by atomic mass is 10.1. The highest BCUT2D eigenvalue weighted by molar-refractivity contribution is 7.90. The zero-order valence-corrected chi connectivity index (χ0v) is 19.0. The maximum Gasteiger partial charge on any atom is 0.407 e. The minimum absolute atomic E-state index is 0.106. The van der Waals surface area contributed by atoms with Crippen LogP contribution in [0.4, 0.5) is 4.79 Å². The van der Waals surface area contributed by atoms with Gasteiger partial charge < -0.3 is 19.5 Å². The molecule has 2 rings (SSSR count). The average molecular weight is 450 g/mol. The van der Waals surface area contributed by atoms with E-state index in [-0.39, 0.29) is 16.2 Å². The molecule has 0 heterocycles. The summed E-state index contributed by atoms with van der Waals surface area (Å²) in [5.74, 6) is -0.102. The molecule has 0 bridgehead atoms. The van der Waals surface area contributed by atoms with Gasteiger partial charge in [-0.25, -0.2) is 18.0 Å². The smallest absolute Gasteiger partial charge is 0.407 e. The summed E-state index contributed by atoms with van der Waals surface area (Å²) in [6.45, 7) is 5.79. The van der Waals surface area contributed by atoms with E-state index in [4.69, 9.17) is 9.47 Å². The van der Waals surface area contributed by atoms with Crippen molar-refractivity contribution in [2.45, 2.75) is 37.7 Å². The number of nitrogens with one attached hydrogen (secondary N) is 1. The van der Waals surface area contributed by atoms with Crippen molar-refractivity contribution in [3.05, 3.63) is 53.6 Å². The summed E-state index contributed by atoms with van der Waals surface area (Å²) >= 11 is 0. The molecule has 0 aromatic heterocycles. The van der Waals surface area contributed by atoms with Gasteiger partial charge in [0.05, 0.1) is 12.7 Å². The second kappa shape index (κ2) is 9.82. The highest BCUT2D eigenvalue weighted by Crippen LogP contribution is 2.30. The van der Waals surface area contributed by atoms with E-state index in [1.54, 1.807) is 32.9 Å².